The summed E-state index contributed by atoms with van der Waals surface area (Å²) in [5.74, 6) is -0.647. The third kappa shape index (κ3) is 4.10. The number of rotatable bonds is 6. The van der Waals surface area contributed by atoms with Crippen LogP contribution in [-0.2, 0) is 19.6 Å². The molecule has 1 amide bonds. The summed E-state index contributed by atoms with van der Waals surface area (Å²) in [5.41, 5.74) is 0.585. The molecule has 0 fully saturated rings. The maximum absolute atomic E-state index is 13.3. The Morgan fingerprint density at radius 1 is 1.20 bits per heavy atom. The number of carbonyl (C=O) groups is 2. The molecule has 2 aromatic rings. The van der Waals surface area contributed by atoms with Gasteiger partial charge in [-0.25, -0.2) is 17.9 Å². The van der Waals surface area contributed by atoms with Crippen LogP contribution < -0.4 is 19.1 Å². The molecule has 1 atom stereocenters. The monoisotopic (exact) mass is 434 g/mol. The minimum atomic E-state index is -3.87. The van der Waals surface area contributed by atoms with E-state index >= 15 is 0 Å². The first-order chi connectivity index (χ1) is 14.3. The summed E-state index contributed by atoms with van der Waals surface area (Å²) in [6, 6.07) is 10.9. The smallest absolute Gasteiger partial charge is 0.348 e. The molecule has 1 heterocycles. The Hall–Kier alpha value is -3.11. The van der Waals surface area contributed by atoms with Crippen molar-refractivity contribution >= 4 is 27.6 Å². The molecular formula is C20H22N2O7S. The number of sulfonamides is 1. The van der Waals surface area contributed by atoms with Crippen molar-refractivity contribution in [2.45, 2.75) is 17.9 Å². The lowest BCUT2D eigenvalue weighted by Crippen LogP contribution is -2.47. The minimum absolute atomic E-state index is 0.0795. The zero-order chi connectivity index (χ0) is 21.9. The molecule has 0 saturated heterocycles. The molecule has 0 radical (unpaired) electrons. The Morgan fingerprint density at radius 3 is 2.60 bits per heavy atom. The predicted molar refractivity (Wildman–Crippen MR) is 108 cm³/mol. The minimum Gasteiger partial charge on any atom is -0.495 e. The first kappa shape index (κ1) is 21.6. The van der Waals surface area contributed by atoms with Gasteiger partial charge in [-0.2, -0.15) is 0 Å². The van der Waals surface area contributed by atoms with E-state index in [1.807, 2.05) is 0 Å². The van der Waals surface area contributed by atoms with Crippen LogP contribution in [0, 0.1) is 0 Å². The number of anilines is 1. The van der Waals surface area contributed by atoms with Crippen LogP contribution in [0.2, 0.25) is 0 Å². The van der Waals surface area contributed by atoms with E-state index in [0.717, 1.165) is 0 Å². The molecule has 30 heavy (non-hydrogen) atoms. The number of methoxy groups -OCH3 is 2. The van der Waals surface area contributed by atoms with Gasteiger partial charge in [-0.3, -0.25) is 4.79 Å². The first-order valence-corrected chi connectivity index (χ1v) is 10.6. The maximum atomic E-state index is 13.3. The Labute approximate surface area is 174 Å². The van der Waals surface area contributed by atoms with Gasteiger partial charge in [0.25, 0.3) is 5.91 Å². The van der Waals surface area contributed by atoms with Crippen molar-refractivity contribution in [3.05, 3.63) is 48.0 Å². The van der Waals surface area contributed by atoms with Crippen molar-refractivity contribution in [2.75, 3.05) is 32.2 Å². The number of esters is 1. The standard InChI is InChI=1S/C20H22N2O7S/c1-4-21-30(25,26)18-11-13(9-10-16(18)27-2)19(23)22-12-17(20(24)28-3)29-15-8-6-5-7-14(15)22/h5-11,17,21H,4,12H2,1-3H3. The lowest BCUT2D eigenvalue weighted by Gasteiger charge is -2.33. The summed E-state index contributed by atoms with van der Waals surface area (Å²) in [7, 11) is -1.29. The van der Waals surface area contributed by atoms with Crippen LogP contribution in [0.25, 0.3) is 0 Å². The van der Waals surface area contributed by atoms with Crippen molar-refractivity contribution < 1.29 is 32.2 Å². The summed E-state index contributed by atoms with van der Waals surface area (Å²) in [6.45, 7) is 1.75. The van der Waals surface area contributed by atoms with Crippen molar-refractivity contribution in [3.63, 3.8) is 0 Å². The molecule has 160 valence electrons. The Morgan fingerprint density at radius 2 is 1.93 bits per heavy atom. The van der Waals surface area contributed by atoms with Crippen molar-refractivity contribution in [2.24, 2.45) is 0 Å². The highest BCUT2D eigenvalue weighted by Crippen LogP contribution is 2.35. The van der Waals surface area contributed by atoms with E-state index < -0.39 is 28.0 Å². The van der Waals surface area contributed by atoms with E-state index in [1.165, 1.54) is 37.3 Å². The molecule has 0 saturated carbocycles. The van der Waals surface area contributed by atoms with Crippen molar-refractivity contribution in [1.29, 1.82) is 0 Å². The van der Waals surface area contributed by atoms with Crippen LogP contribution in [0.5, 0.6) is 11.5 Å². The van der Waals surface area contributed by atoms with E-state index in [1.54, 1.807) is 31.2 Å². The highest BCUT2D eigenvalue weighted by molar-refractivity contribution is 7.89. The first-order valence-electron chi connectivity index (χ1n) is 9.15. The van der Waals surface area contributed by atoms with Gasteiger partial charge in [0, 0.05) is 12.1 Å². The van der Waals surface area contributed by atoms with Gasteiger partial charge in [0.05, 0.1) is 26.5 Å². The SMILES string of the molecule is CCNS(=O)(=O)c1cc(C(=O)N2CC(C(=O)OC)Oc3ccccc32)ccc1OC. The van der Waals surface area contributed by atoms with Crippen LogP contribution in [-0.4, -0.2) is 53.7 Å². The van der Waals surface area contributed by atoms with Gasteiger partial charge in [-0.1, -0.05) is 19.1 Å². The van der Waals surface area contributed by atoms with E-state index in [9.17, 15) is 18.0 Å². The van der Waals surface area contributed by atoms with Gasteiger partial charge in [-0.05, 0) is 30.3 Å². The Bertz CT molecular complexity index is 1070. The second kappa shape index (κ2) is 8.72. The average Bonchev–Trinajstić information content (AvgIpc) is 2.76. The fourth-order valence-electron chi connectivity index (χ4n) is 3.12. The van der Waals surface area contributed by atoms with Crippen LogP contribution in [0.1, 0.15) is 17.3 Å². The molecular weight excluding hydrogens is 412 g/mol. The van der Waals surface area contributed by atoms with Crippen LogP contribution in [0.4, 0.5) is 5.69 Å². The van der Waals surface area contributed by atoms with Gasteiger partial charge in [0.2, 0.25) is 16.1 Å². The van der Waals surface area contributed by atoms with Gasteiger partial charge < -0.3 is 19.1 Å². The van der Waals surface area contributed by atoms with Crippen molar-refractivity contribution in [1.82, 2.24) is 4.72 Å². The molecule has 2 aromatic carbocycles. The molecule has 1 N–H and O–H groups in total. The molecule has 1 unspecified atom stereocenters. The predicted octanol–water partition coefficient (Wildman–Crippen LogP) is 1.57. The number of para-hydroxylation sites is 2. The van der Waals surface area contributed by atoms with Crippen LogP contribution in [0.3, 0.4) is 0 Å². The summed E-state index contributed by atoms with van der Waals surface area (Å²) in [4.78, 5) is 26.6. The second-order valence-electron chi connectivity index (χ2n) is 6.38. The van der Waals surface area contributed by atoms with E-state index in [-0.39, 0.29) is 29.3 Å². The van der Waals surface area contributed by atoms with Crippen molar-refractivity contribution in [3.8, 4) is 11.5 Å². The molecule has 3 rings (SSSR count). The van der Waals surface area contributed by atoms with E-state index in [4.69, 9.17) is 14.2 Å². The van der Waals surface area contributed by atoms with Gasteiger partial charge in [0.15, 0.2) is 0 Å². The molecule has 9 nitrogen and oxygen atoms in total. The summed E-state index contributed by atoms with van der Waals surface area (Å²) < 4.78 is 43.0. The number of nitrogens with zero attached hydrogens (tertiary/aromatic N) is 1. The molecule has 1 aliphatic rings. The number of amides is 1. The fraction of sp³-hybridized carbons (Fsp3) is 0.300. The lowest BCUT2D eigenvalue weighted by atomic mass is 10.1. The number of carbonyl (C=O) groups excluding carboxylic acids is 2. The van der Waals surface area contributed by atoms with E-state index in [2.05, 4.69) is 4.72 Å². The number of hydrogen-bond acceptors (Lipinski definition) is 7. The summed E-state index contributed by atoms with van der Waals surface area (Å²) in [6.07, 6.45) is -1.00. The molecule has 0 bridgehead atoms. The van der Waals surface area contributed by atoms with E-state index in [0.29, 0.717) is 11.4 Å². The molecule has 0 spiro atoms. The number of nitrogens with one attached hydrogen (secondary N) is 1. The molecule has 10 heteroatoms. The number of fused-ring (bicyclic) bond motifs is 1. The van der Waals surface area contributed by atoms with Gasteiger partial charge in [-0.15, -0.1) is 0 Å². The van der Waals surface area contributed by atoms with Crippen LogP contribution >= 0.6 is 0 Å². The summed E-state index contributed by atoms with van der Waals surface area (Å²) in [5, 5.41) is 0. The largest absolute Gasteiger partial charge is 0.495 e. The maximum Gasteiger partial charge on any atom is 0.348 e. The normalized spacial score (nSPS) is 15.7. The van der Waals surface area contributed by atoms with Gasteiger partial charge >= 0.3 is 5.97 Å². The zero-order valence-corrected chi connectivity index (χ0v) is 17.6. The zero-order valence-electron chi connectivity index (χ0n) is 16.7. The summed E-state index contributed by atoms with van der Waals surface area (Å²) >= 11 is 0. The second-order valence-corrected chi connectivity index (χ2v) is 8.12. The van der Waals surface area contributed by atoms with Crippen LogP contribution in [0.15, 0.2) is 47.4 Å². The third-order valence-electron chi connectivity index (χ3n) is 4.52. The third-order valence-corrected chi connectivity index (χ3v) is 6.08. The number of ether oxygens (including phenoxy) is 3. The van der Waals surface area contributed by atoms with Gasteiger partial charge in [0.1, 0.15) is 16.4 Å². The lowest BCUT2D eigenvalue weighted by molar-refractivity contribution is -0.148. The number of benzene rings is 2. The highest BCUT2D eigenvalue weighted by Gasteiger charge is 2.35. The quantitative estimate of drug-likeness (QED) is 0.687. The highest BCUT2D eigenvalue weighted by atomic mass is 32.2. The average molecular weight is 434 g/mol. The molecule has 1 aliphatic heterocycles. The molecule has 0 aliphatic carbocycles. The Balaban J connectivity index is 2.04. The topological polar surface area (TPSA) is 111 Å². The fourth-order valence-corrected chi connectivity index (χ4v) is 4.36. The Kier molecular flexibility index (Phi) is 6.28. The number of hydrogen-bond donors (Lipinski definition) is 1. The molecule has 0 aromatic heterocycles.